The maximum absolute atomic E-state index is 12.5. The molecule has 3 N–H and O–H groups in total. The van der Waals surface area contributed by atoms with Gasteiger partial charge < -0.3 is 11.1 Å². The zero-order valence-electron chi connectivity index (χ0n) is 12.4. The van der Waals surface area contributed by atoms with E-state index in [1.165, 1.54) is 0 Å². The van der Waals surface area contributed by atoms with Gasteiger partial charge in [0, 0.05) is 18.0 Å². The van der Waals surface area contributed by atoms with E-state index in [1.54, 1.807) is 0 Å². The molecule has 1 amide bonds. The summed E-state index contributed by atoms with van der Waals surface area (Å²) in [5.41, 5.74) is 6.44. The zero-order valence-corrected chi connectivity index (χ0v) is 12.4. The molecule has 0 aromatic rings. The summed E-state index contributed by atoms with van der Waals surface area (Å²) in [4.78, 5) is 12.5. The second-order valence-electron chi connectivity index (χ2n) is 7.66. The molecule has 0 aromatic carbocycles. The van der Waals surface area contributed by atoms with E-state index in [4.69, 9.17) is 5.73 Å². The second kappa shape index (κ2) is 4.22. The average Bonchev–Trinajstić information content (AvgIpc) is 2.82. The molecular weight excluding hydrogens is 224 g/mol. The van der Waals surface area contributed by atoms with E-state index in [-0.39, 0.29) is 23.3 Å². The Bertz CT molecular complexity index is 348. The van der Waals surface area contributed by atoms with Gasteiger partial charge in [-0.15, -0.1) is 0 Å². The maximum Gasteiger partial charge on any atom is 0.223 e. The van der Waals surface area contributed by atoms with E-state index in [1.807, 2.05) is 0 Å². The molecule has 2 aliphatic rings. The minimum atomic E-state index is 0.000777. The lowest BCUT2D eigenvalue weighted by Gasteiger charge is -2.46. The summed E-state index contributed by atoms with van der Waals surface area (Å²) < 4.78 is 0. The first-order valence-electron chi connectivity index (χ1n) is 7.22. The number of hydrogen-bond donors (Lipinski definition) is 2. The first-order valence-corrected chi connectivity index (χ1v) is 7.22. The van der Waals surface area contributed by atoms with Crippen molar-refractivity contribution in [2.75, 3.05) is 0 Å². The molecule has 3 nitrogen and oxygen atoms in total. The number of hydrogen-bond acceptors (Lipinski definition) is 2. The Labute approximate surface area is 111 Å². The van der Waals surface area contributed by atoms with Crippen LogP contribution in [0.2, 0.25) is 0 Å². The highest BCUT2D eigenvalue weighted by Gasteiger charge is 2.50. The Morgan fingerprint density at radius 1 is 1.22 bits per heavy atom. The molecule has 2 fully saturated rings. The third-order valence-electron chi connectivity index (χ3n) is 5.65. The lowest BCUT2D eigenvalue weighted by Crippen LogP contribution is -2.52. The molecule has 104 valence electrons. The number of amides is 1. The Hall–Kier alpha value is -0.570. The largest absolute Gasteiger partial charge is 0.353 e. The van der Waals surface area contributed by atoms with Gasteiger partial charge in [0.2, 0.25) is 5.91 Å². The van der Waals surface area contributed by atoms with Crippen LogP contribution in [-0.2, 0) is 4.79 Å². The second-order valence-corrected chi connectivity index (χ2v) is 7.66. The van der Waals surface area contributed by atoms with Crippen molar-refractivity contribution < 1.29 is 4.79 Å². The molecule has 2 aliphatic carbocycles. The van der Waals surface area contributed by atoms with Gasteiger partial charge in [0.25, 0.3) is 0 Å². The van der Waals surface area contributed by atoms with Crippen molar-refractivity contribution in [3.63, 3.8) is 0 Å². The molecule has 18 heavy (non-hydrogen) atoms. The summed E-state index contributed by atoms with van der Waals surface area (Å²) in [6, 6.07) is 0.619. The topological polar surface area (TPSA) is 55.1 Å². The van der Waals surface area contributed by atoms with Gasteiger partial charge in [-0.05, 0) is 36.0 Å². The van der Waals surface area contributed by atoms with Crippen LogP contribution in [0.15, 0.2) is 0 Å². The molecule has 2 rings (SSSR count). The van der Waals surface area contributed by atoms with Crippen molar-refractivity contribution in [2.45, 2.75) is 66.0 Å². The van der Waals surface area contributed by atoms with Gasteiger partial charge in [-0.25, -0.2) is 0 Å². The van der Waals surface area contributed by atoms with Crippen molar-refractivity contribution in [2.24, 2.45) is 28.4 Å². The Balaban J connectivity index is 2.02. The van der Waals surface area contributed by atoms with E-state index in [9.17, 15) is 4.79 Å². The Morgan fingerprint density at radius 2 is 1.78 bits per heavy atom. The van der Waals surface area contributed by atoms with E-state index in [0.717, 1.165) is 19.3 Å². The summed E-state index contributed by atoms with van der Waals surface area (Å²) in [5.74, 6) is 0.757. The molecule has 4 unspecified atom stereocenters. The standard InChI is InChI=1S/C15H28N2O/c1-9-11(16)7-6-10(15(9,4)5)13(18)17-12-8-14(12,2)3/h9-12H,6-8,16H2,1-5H3,(H,17,18). The molecule has 0 radical (unpaired) electrons. The van der Waals surface area contributed by atoms with Gasteiger partial charge >= 0.3 is 0 Å². The van der Waals surface area contributed by atoms with Crippen LogP contribution in [0.25, 0.3) is 0 Å². The molecule has 0 bridgehead atoms. The van der Waals surface area contributed by atoms with Gasteiger partial charge in [0.15, 0.2) is 0 Å². The van der Waals surface area contributed by atoms with E-state index >= 15 is 0 Å². The van der Waals surface area contributed by atoms with Crippen LogP contribution in [0.4, 0.5) is 0 Å². The van der Waals surface area contributed by atoms with E-state index < -0.39 is 0 Å². The first kappa shape index (κ1) is 13.9. The predicted molar refractivity (Wildman–Crippen MR) is 74.0 cm³/mol. The normalized spacial score (nSPS) is 41.2. The summed E-state index contributed by atoms with van der Waals surface area (Å²) in [5, 5.41) is 3.23. The molecule has 2 saturated carbocycles. The monoisotopic (exact) mass is 252 g/mol. The van der Waals surface area contributed by atoms with E-state index in [2.05, 4.69) is 39.9 Å². The molecule has 0 saturated heterocycles. The van der Waals surface area contributed by atoms with Crippen LogP contribution in [0.1, 0.15) is 53.9 Å². The fourth-order valence-corrected chi connectivity index (χ4v) is 3.31. The third-order valence-corrected chi connectivity index (χ3v) is 5.65. The average molecular weight is 252 g/mol. The number of rotatable bonds is 2. The van der Waals surface area contributed by atoms with Gasteiger partial charge in [-0.1, -0.05) is 34.6 Å². The number of nitrogens with two attached hydrogens (primary N) is 1. The number of nitrogens with one attached hydrogen (secondary N) is 1. The molecule has 3 heteroatoms. The Kier molecular flexibility index (Phi) is 3.25. The fraction of sp³-hybridized carbons (Fsp3) is 0.933. The zero-order chi connectivity index (χ0) is 13.7. The number of carbonyl (C=O) groups excluding carboxylic acids is 1. The van der Waals surface area contributed by atoms with Gasteiger partial charge in [-0.2, -0.15) is 0 Å². The highest BCUT2D eigenvalue weighted by Crippen LogP contribution is 2.47. The minimum Gasteiger partial charge on any atom is -0.353 e. The van der Waals surface area contributed by atoms with Crippen molar-refractivity contribution in [1.29, 1.82) is 0 Å². The summed E-state index contributed by atoms with van der Waals surface area (Å²) >= 11 is 0. The number of carbonyl (C=O) groups is 1. The van der Waals surface area contributed by atoms with Gasteiger partial charge in [0.05, 0.1) is 0 Å². The molecule has 4 atom stereocenters. The minimum absolute atomic E-state index is 0.000777. The van der Waals surface area contributed by atoms with Crippen LogP contribution in [0.3, 0.4) is 0 Å². The van der Waals surface area contributed by atoms with Crippen LogP contribution in [0.5, 0.6) is 0 Å². The SMILES string of the molecule is CC1C(N)CCC(C(=O)NC2CC2(C)C)C1(C)C. The van der Waals surface area contributed by atoms with Crippen LogP contribution in [0, 0.1) is 22.7 Å². The van der Waals surface area contributed by atoms with E-state index in [0.29, 0.717) is 17.4 Å². The van der Waals surface area contributed by atoms with Crippen molar-refractivity contribution in [1.82, 2.24) is 5.32 Å². The molecule has 0 aliphatic heterocycles. The van der Waals surface area contributed by atoms with Crippen LogP contribution in [-0.4, -0.2) is 18.0 Å². The van der Waals surface area contributed by atoms with Crippen molar-refractivity contribution >= 4 is 5.91 Å². The highest BCUT2D eigenvalue weighted by atomic mass is 16.2. The summed E-state index contributed by atoms with van der Waals surface area (Å²) in [7, 11) is 0. The van der Waals surface area contributed by atoms with Crippen LogP contribution >= 0.6 is 0 Å². The maximum atomic E-state index is 12.5. The van der Waals surface area contributed by atoms with Crippen molar-refractivity contribution in [3.05, 3.63) is 0 Å². The summed E-state index contributed by atoms with van der Waals surface area (Å²) in [6.45, 7) is 11.0. The van der Waals surface area contributed by atoms with Crippen LogP contribution < -0.4 is 11.1 Å². The fourth-order valence-electron chi connectivity index (χ4n) is 3.31. The molecule has 0 aromatic heterocycles. The quantitative estimate of drug-likeness (QED) is 0.792. The van der Waals surface area contributed by atoms with Gasteiger partial charge in [0.1, 0.15) is 0 Å². The molecular formula is C15H28N2O. The predicted octanol–water partition coefficient (Wildman–Crippen LogP) is 2.30. The molecule has 0 spiro atoms. The smallest absolute Gasteiger partial charge is 0.223 e. The highest BCUT2D eigenvalue weighted by molar-refractivity contribution is 5.80. The van der Waals surface area contributed by atoms with Gasteiger partial charge in [-0.3, -0.25) is 4.79 Å². The Morgan fingerprint density at radius 3 is 2.28 bits per heavy atom. The lowest BCUT2D eigenvalue weighted by atomic mass is 9.61. The van der Waals surface area contributed by atoms with Crippen molar-refractivity contribution in [3.8, 4) is 0 Å². The lowest BCUT2D eigenvalue weighted by molar-refractivity contribution is -0.132. The third kappa shape index (κ3) is 2.29. The first-order chi connectivity index (χ1) is 8.16. The summed E-state index contributed by atoms with van der Waals surface area (Å²) in [6.07, 6.45) is 3.01. The molecule has 0 heterocycles.